The maximum atomic E-state index is 13.2. The number of hydrogen-bond donors (Lipinski definition) is 1. The van der Waals surface area contributed by atoms with Gasteiger partial charge in [-0.3, -0.25) is 9.59 Å². The molecule has 1 N–H and O–H groups in total. The fourth-order valence-corrected chi connectivity index (χ4v) is 3.27. The zero-order valence-corrected chi connectivity index (χ0v) is 18.7. The second kappa shape index (κ2) is 10.4. The molecule has 3 aromatic carbocycles. The normalized spacial score (nSPS) is 10.7. The van der Waals surface area contributed by atoms with Crippen molar-refractivity contribution in [2.75, 3.05) is 28.4 Å². The molecule has 0 aromatic heterocycles. The number of benzene rings is 3. The first kappa shape index (κ1) is 23.4. The summed E-state index contributed by atoms with van der Waals surface area (Å²) >= 11 is 0. The Bertz CT molecular complexity index is 1170. The number of phenols is 1. The van der Waals surface area contributed by atoms with E-state index in [-0.39, 0.29) is 17.3 Å². The molecule has 0 spiro atoms. The Kier molecular flexibility index (Phi) is 7.35. The highest BCUT2D eigenvalue weighted by Crippen LogP contribution is 2.39. The molecule has 170 valence electrons. The van der Waals surface area contributed by atoms with Crippen LogP contribution in [-0.4, -0.2) is 45.1 Å². The van der Waals surface area contributed by atoms with Crippen molar-refractivity contribution in [3.05, 3.63) is 82.9 Å². The van der Waals surface area contributed by atoms with E-state index in [1.54, 1.807) is 36.4 Å². The fraction of sp³-hybridized carbons (Fsp3) is 0.154. The number of allylic oxidation sites excluding steroid dienone is 1. The Balaban J connectivity index is 1.95. The summed E-state index contributed by atoms with van der Waals surface area (Å²) in [6.07, 6.45) is 2.97. The van der Waals surface area contributed by atoms with Gasteiger partial charge in [0, 0.05) is 22.3 Å². The molecule has 33 heavy (non-hydrogen) atoms. The molecule has 0 radical (unpaired) electrons. The number of aromatic hydroxyl groups is 1. The van der Waals surface area contributed by atoms with Crippen molar-refractivity contribution in [3.8, 4) is 28.7 Å². The minimum absolute atomic E-state index is 0.0789. The number of carbonyl (C=O) groups excluding carboxylic acids is 2. The molecular formula is C26H24O7. The fourth-order valence-electron chi connectivity index (χ4n) is 3.27. The molecule has 0 fully saturated rings. The molecule has 3 aromatic rings. The monoisotopic (exact) mass is 448 g/mol. The van der Waals surface area contributed by atoms with Crippen LogP contribution < -0.4 is 18.9 Å². The molecular weight excluding hydrogens is 424 g/mol. The van der Waals surface area contributed by atoms with Crippen molar-refractivity contribution in [2.24, 2.45) is 0 Å². The largest absolute Gasteiger partial charge is 0.508 e. The number of ketones is 2. The van der Waals surface area contributed by atoms with Gasteiger partial charge in [0.25, 0.3) is 0 Å². The molecule has 7 heteroatoms. The molecule has 0 aliphatic heterocycles. The van der Waals surface area contributed by atoms with Crippen LogP contribution in [0.25, 0.3) is 6.08 Å². The highest BCUT2D eigenvalue weighted by atomic mass is 16.5. The summed E-state index contributed by atoms with van der Waals surface area (Å²) in [6.45, 7) is 0. The molecule has 0 atom stereocenters. The lowest BCUT2D eigenvalue weighted by atomic mass is 9.99. The minimum Gasteiger partial charge on any atom is -0.508 e. The average Bonchev–Trinajstić information content (AvgIpc) is 2.85. The third-order valence-corrected chi connectivity index (χ3v) is 4.98. The standard InChI is InChI=1S/C26H24O7/c1-30-22-12-8-18(13-17(22)7-11-21(28)16-5-9-20(27)10-6-16)25(29)19-14-23(31-2)26(33-4)24(15-19)32-3/h5-15,27H,1-4H3/b11-7+. The predicted molar refractivity (Wildman–Crippen MR) is 124 cm³/mol. The predicted octanol–water partition coefficient (Wildman–Crippen LogP) is 4.55. The van der Waals surface area contributed by atoms with E-state index in [1.807, 2.05) is 0 Å². The number of phenolic OH excluding ortho intramolecular Hbond substituents is 1. The molecule has 0 bridgehead atoms. The van der Waals surface area contributed by atoms with E-state index in [4.69, 9.17) is 18.9 Å². The van der Waals surface area contributed by atoms with Gasteiger partial charge in [-0.15, -0.1) is 0 Å². The van der Waals surface area contributed by atoms with Crippen molar-refractivity contribution in [1.82, 2.24) is 0 Å². The molecule has 0 saturated carbocycles. The van der Waals surface area contributed by atoms with Crippen LogP contribution >= 0.6 is 0 Å². The van der Waals surface area contributed by atoms with Gasteiger partial charge < -0.3 is 24.1 Å². The highest BCUT2D eigenvalue weighted by molar-refractivity contribution is 6.10. The van der Waals surface area contributed by atoms with Crippen molar-refractivity contribution in [3.63, 3.8) is 0 Å². The first-order valence-corrected chi connectivity index (χ1v) is 9.96. The Labute approximate surface area is 191 Å². The van der Waals surface area contributed by atoms with Crippen LogP contribution in [0.5, 0.6) is 28.7 Å². The van der Waals surface area contributed by atoms with Gasteiger partial charge in [0.05, 0.1) is 28.4 Å². The van der Waals surface area contributed by atoms with Crippen LogP contribution in [0.2, 0.25) is 0 Å². The Morgan fingerprint density at radius 1 is 0.697 bits per heavy atom. The van der Waals surface area contributed by atoms with E-state index < -0.39 is 0 Å². The van der Waals surface area contributed by atoms with Gasteiger partial charge in [-0.05, 0) is 66.7 Å². The van der Waals surface area contributed by atoms with E-state index in [0.29, 0.717) is 45.3 Å². The van der Waals surface area contributed by atoms with E-state index in [2.05, 4.69) is 0 Å². The van der Waals surface area contributed by atoms with Crippen LogP contribution in [0.15, 0.2) is 60.7 Å². The zero-order valence-electron chi connectivity index (χ0n) is 18.7. The van der Waals surface area contributed by atoms with Crippen LogP contribution in [0.1, 0.15) is 31.8 Å². The van der Waals surface area contributed by atoms with Gasteiger partial charge in [-0.25, -0.2) is 0 Å². The first-order valence-electron chi connectivity index (χ1n) is 9.96. The summed E-state index contributed by atoms with van der Waals surface area (Å²) in [6, 6.07) is 14.1. The first-order chi connectivity index (χ1) is 15.9. The molecule has 0 heterocycles. The number of rotatable bonds is 9. The summed E-state index contributed by atoms with van der Waals surface area (Å²) in [5, 5.41) is 9.39. The summed E-state index contributed by atoms with van der Waals surface area (Å²) in [5.74, 6) is 1.19. The maximum absolute atomic E-state index is 13.2. The summed E-state index contributed by atoms with van der Waals surface area (Å²) in [7, 11) is 5.96. The van der Waals surface area contributed by atoms with Crippen LogP contribution in [0, 0.1) is 0 Å². The Morgan fingerprint density at radius 3 is 1.82 bits per heavy atom. The van der Waals surface area contributed by atoms with E-state index in [1.165, 1.54) is 58.8 Å². The lowest BCUT2D eigenvalue weighted by Crippen LogP contribution is -2.05. The lowest BCUT2D eigenvalue weighted by Gasteiger charge is -2.14. The molecule has 0 unspecified atom stereocenters. The van der Waals surface area contributed by atoms with Crippen LogP contribution in [-0.2, 0) is 0 Å². The topological polar surface area (TPSA) is 91.3 Å². The maximum Gasteiger partial charge on any atom is 0.203 e. The molecule has 0 saturated heterocycles. The number of methoxy groups -OCH3 is 4. The van der Waals surface area contributed by atoms with Crippen LogP contribution in [0.3, 0.4) is 0 Å². The van der Waals surface area contributed by atoms with Gasteiger partial charge in [0.15, 0.2) is 23.1 Å². The number of ether oxygens (including phenoxy) is 4. The third-order valence-electron chi connectivity index (χ3n) is 4.98. The number of hydrogen-bond acceptors (Lipinski definition) is 7. The molecule has 7 nitrogen and oxygen atoms in total. The molecule has 0 aliphatic carbocycles. The second-order valence-corrected chi connectivity index (χ2v) is 6.94. The summed E-state index contributed by atoms with van der Waals surface area (Å²) in [5.41, 5.74) is 1.72. The Morgan fingerprint density at radius 2 is 1.27 bits per heavy atom. The van der Waals surface area contributed by atoms with Gasteiger partial charge in [0.1, 0.15) is 11.5 Å². The van der Waals surface area contributed by atoms with Crippen molar-refractivity contribution < 1.29 is 33.6 Å². The van der Waals surface area contributed by atoms with Crippen LogP contribution in [0.4, 0.5) is 0 Å². The zero-order chi connectivity index (χ0) is 24.0. The SMILES string of the molecule is COc1ccc(C(=O)c2cc(OC)c(OC)c(OC)c2)cc1/C=C/C(=O)c1ccc(O)cc1. The van der Waals surface area contributed by atoms with Gasteiger partial charge >= 0.3 is 0 Å². The van der Waals surface area contributed by atoms with Gasteiger partial charge in [-0.1, -0.05) is 0 Å². The van der Waals surface area contributed by atoms with Crippen molar-refractivity contribution in [1.29, 1.82) is 0 Å². The van der Waals surface area contributed by atoms with Gasteiger partial charge in [-0.2, -0.15) is 0 Å². The van der Waals surface area contributed by atoms with Crippen molar-refractivity contribution in [2.45, 2.75) is 0 Å². The van der Waals surface area contributed by atoms with E-state index in [9.17, 15) is 14.7 Å². The third kappa shape index (κ3) is 5.15. The van der Waals surface area contributed by atoms with E-state index in [0.717, 1.165) is 0 Å². The second-order valence-electron chi connectivity index (χ2n) is 6.94. The minimum atomic E-state index is -0.267. The lowest BCUT2D eigenvalue weighted by molar-refractivity contribution is 0.103. The molecule has 0 amide bonds. The highest BCUT2D eigenvalue weighted by Gasteiger charge is 2.19. The smallest absolute Gasteiger partial charge is 0.203 e. The Hall–Kier alpha value is -4.26. The quantitative estimate of drug-likeness (QED) is 0.379. The summed E-state index contributed by atoms with van der Waals surface area (Å²) in [4.78, 5) is 25.7. The van der Waals surface area contributed by atoms with E-state index >= 15 is 0 Å². The summed E-state index contributed by atoms with van der Waals surface area (Å²) < 4.78 is 21.4. The van der Waals surface area contributed by atoms with Gasteiger partial charge in [0.2, 0.25) is 5.75 Å². The molecule has 3 rings (SSSR count). The molecule has 0 aliphatic rings. The van der Waals surface area contributed by atoms with Crippen molar-refractivity contribution >= 4 is 17.6 Å². The average molecular weight is 448 g/mol. The number of carbonyl (C=O) groups is 2.